The zero-order valence-corrected chi connectivity index (χ0v) is 17.3. The summed E-state index contributed by atoms with van der Waals surface area (Å²) in [6, 6.07) is 15.1. The van der Waals surface area contributed by atoms with Crippen molar-refractivity contribution < 1.29 is 4.79 Å². The predicted octanol–water partition coefficient (Wildman–Crippen LogP) is 4.56. The third kappa shape index (κ3) is 4.66. The first kappa shape index (κ1) is 20.2. The molecule has 2 aromatic carbocycles. The largest absolute Gasteiger partial charge is 0.335 e. The topological polar surface area (TPSA) is 85.8 Å². The third-order valence-corrected chi connectivity index (χ3v) is 5.67. The summed E-state index contributed by atoms with van der Waals surface area (Å²) in [5, 5.41) is 12.3. The summed E-state index contributed by atoms with van der Waals surface area (Å²) >= 11 is 7.15. The molecule has 3 aromatic rings. The van der Waals surface area contributed by atoms with Gasteiger partial charge in [0.05, 0.1) is 5.75 Å². The van der Waals surface area contributed by atoms with Gasteiger partial charge in [-0.15, -0.1) is 10.2 Å². The first-order valence-corrected chi connectivity index (χ1v) is 10.3. The zero-order chi connectivity index (χ0) is 20.1. The van der Waals surface area contributed by atoms with Gasteiger partial charge in [-0.05, 0) is 48.2 Å². The molecule has 0 aliphatic carbocycles. The van der Waals surface area contributed by atoms with Crippen molar-refractivity contribution in [1.29, 1.82) is 0 Å². The first-order valence-electron chi connectivity index (χ1n) is 8.97. The minimum atomic E-state index is -0.114. The van der Waals surface area contributed by atoms with Crippen LogP contribution >= 0.6 is 23.4 Å². The van der Waals surface area contributed by atoms with Crippen LogP contribution in [0.2, 0.25) is 5.02 Å². The number of carbonyl (C=O) groups is 1. The molecule has 3 N–H and O–H groups in total. The summed E-state index contributed by atoms with van der Waals surface area (Å²) in [6.45, 7) is 4.28. The Morgan fingerprint density at radius 1 is 1.21 bits per heavy atom. The van der Waals surface area contributed by atoms with Crippen LogP contribution in [0.15, 0.2) is 53.7 Å². The fourth-order valence-electron chi connectivity index (χ4n) is 2.75. The van der Waals surface area contributed by atoms with E-state index in [1.165, 1.54) is 16.4 Å². The Hall–Kier alpha value is -2.51. The van der Waals surface area contributed by atoms with Crippen LogP contribution in [0.25, 0.3) is 11.4 Å². The molecule has 0 aliphatic rings. The first-order chi connectivity index (χ1) is 13.5. The fraction of sp³-hybridized carbons (Fsp3) is 0.250. The molecule has 1 atom stereocenters. The lowest BCUT2D eigenvalue weighted by atomic mass is 9.97. The summed E-state index contributed by atoms with van der Waals surface area (Å²) in [5.74, 6) is 7.06. The number of nitrogens with two attached hydrogens (primary N) is 1. The monoisotopic (exact) mass is 415 g/mol. The molecule has 3 rings (SSSR count). The van der Waals surface area contributed by atoms with Gasteiger partial charge in [0.15, 0.2) is 5.82 Å². The highest BCUT2D eigenvalue weighted by atomic mass is 35.5. The van der Waals surface area contributed by atoms with E-state index >= 15 is 0 Å². The molecule has 0 saturated heterocycles. The van der Waals surface area contributed by atoms with Gasteiger partial charge < -0.3 is 11.2 Å². The molecule has 1 heterocycles. The van der Waals surface area contributed by atoms with Crippen LogP contribution in [0.4, 0.5) is 5.69 Å². The number of benzene rings is 2. The molecular weight excluding hydrogens is 394 g/mol. The molecule has 1 aromatic heterocycles. The van der Waals surface area contributed by atoms with Crippen molar-refractivity contribution >= 4 is 35.0 Å². The number of hydrogen-bond donors (Lipinski definition) is 2. The quantitative estimate of drug-likeness (QED) is 0.436. The molecule has 1 unspecified atom stereocenters. The predicted molar refractivity (Wildman–Crippen MR) is 115 cm³/mol. The molecule has 28 heavy (non-hydrogen) atoms. The summed E-state index contributed by atoms with van der Waals surface area (Å²) in [6.07, 6.45) is 1.01. The van der Waals surface area contributed by atoms with Crippen LogP contribution in [-0.4, -0.2) is 26.5 Å². The maximum absolute atomic E-state index is 12.4. The zero-order valence-electron chi connectivity index (χ0n) is 15.7. The van der Waals surface area contributed by atoms with Gasteiger partial charge >= 0.3 is 0 Å². The summed E-state index contributed by atoms with van der Waals surface area (Å²) in [5.41, 5.74) is 2.78. The van der Waals surface area contributed by atoms with Gasteiger partial charge in [0.25, 0.3) is 0 Å². The van der Waals surface area contributed by atoms with Crippen molar-refractivity contribution in [3.63, 3.8) is 0 Å². The van der Waals surface area contributed by atoms with Crippen molar-refractivity contribution in [3.05, 3.63) is 59.1 Å². The van der Waals surface area contributed by atoms with E-state index in [4.69, 9.17) is 17.4 Å². The second-order valence-electron chi connectivity index (χ2n) is 6.42. The molecular formula is C20H22ClN5OS. The van der Waals surface area contributed by atoms with Crippen LogP contribution < -0.4 is 11.2 Å². The SMILES string of the molecule is CCC(C)c1ccccc1NC(=O)CSc1nnc(-c2ccc(Cl)cc2)n1N. The number of nitrogen functional groups attached to an aromatic ring is 1. The van der Waals surface area contributed by atoms with Crippen molar-refractivity contribution in [3.8, 4) is 11.4 Å². The van der Waals surface area contributed by atoms with Gasteiger partial charge in [-0.3, -0.25) is 4.79 Å². The van der Waals surface area contributed by atoms with Gasteiger partial charge in [0.2, 0.25) is 11.1 Å². The van der Waals surface area contributed by atoms with Gasteiger partial charge in [0.1, 0.15) is 0 Å². The molecule has 0 aliphatic heterocycles. The number of halogens is 1. The van der Waals surface area contributed by atoms with Crippen LogP contribution in [-0.2, 0) is 4.79 Å². The van der Waals surface area contributed by atoms with E-state index in [1.807, 2.05) is 36.4 Å². The second-order valence-corrected chi connectivity index (χ2v) is 7.80. The van der Waals surface area contributed by atoms with E-state index in [2.05, 4.69) is 29.4 Å². The number of para-hydroxylation sites is 1. The van der Waals surface area contributed by atoms with Crippen molar-refractivity contribution in [2.75, 3.05) is 16.9 Å². The average molecular weight is 416 g/mol. The number of thioether (sulfide) groups is 1. The fourth-order valence-corrected chi connectivity index (χ4v) is 3.53. The van der Waals surface area contributed by atoms with Crippen LogP contribution in [0.1, 0.15) is 31.7 Å². The Morgan fingerprint density at radius 2 is 1.93 bits per heavy atom. The standard InChI is InChI=1S/C20H22ClN5OS/c1-3-13(2)16-6-4-5-7-17(16)23-18(27)12-28-20-25-24-19(26(20)22)14-8-10-15(21)11-9-14/h4-11,13H,3,12,22H2,1-2H3,(H,23,27). The number of aromatic nitrogens is 3. The molecule has 1 amide bonds. The van der Waals surface area contributed by atoms with Crippen molar-refractivity contribution in [1.82, 2.24) is 14.9 Å². The van der Waals surface area contributed by atoms with Crippen LogP contribution in [0.3, 0.4) is 0 Å². The average Bonchev–Trinajstić information content (AvgIpc) is 3.07. The van der Waals surface area contributed by atoms with Crippen molar-refractivity contribution in [2.24, 2.45) is 0 Å². The Morgan fingerprint density at radius 3 is 2.64 bits per heavy atom. The van der Waals surface area contributed by atoms with E-state index in [-0.39, 0.29) is 11.7 Å². The molecule has 6 nitrogen and oxygen atoms in total. The van der Waals surface area contributed by atoms with Gasteiger partial charge in [-0.2, -0.15) is 0 Å². The van der Waals surface area contributed by atoms with Gasteiger partial charge in [0, 0.05) is 16.3 Å². The number of hydrogen-bond acceptors (Lipinski definition) is 5. The van der Waals surface area contributed by atoms with E-state index in [9.17, 15) is 4.79 Å². The van der Waals surface area contributed by atoms with Gasteiger partial charge in [-0.25, -0.2) is 4.68 Å². The number of nitrogens with zero attached hydrogens (tertiary/aromatic N) is 3. The normalized spacial score (nSPS) is 12.0. The Kier molecular flexibility index (Phi) is 6.59. The third-order valence-electron chi connectivity index (χ3n) is 4.48. The summed E-state index contributed by atoms with van der Waals surface area (Å²) in [4.78, 5) is 12.4. The molecule has 146 valence electrons. The molecule has 0 radical (unpaired) electrons. The highest BCUT2D eigenvalue weighted by Gasteiger charge is 2.15. The molecule has 0 saturated carbocycles. The number of nitrogens with one attached hydrogen (secondary N) is 1. The minimum absolute atomic E-state index is 0.114. The lowest BCUT2D eigenvalue weighted by molar-refractivity contribution is -0.113. The number of amides is 1. The molecule has 0 fully saturated rings. The highest BCUT2D eigenvalue weighted by molar-refractivity contribution is 7.99. The van der Waals surface area contributed by atoms with E-state index in [0.29, 0.717) is 21.9 Å². The lowest BCUT2D eigenvalue weighted by Crippen LogP contribution is -2.17. The maximum atomic E-state index is 12.4. The van der Waals surface area contributed by atoms with Crippen LogP contribution in [0, 0.1) is 0 Å². The minimum Gasteiger partial charge on any atom is -0.335 e. The maximum Gasteiger partial charge on any atom is 0.234 e. The Balaban J connectivity index is 1.65. The molecule has 0 bridgehead atoms. The van der Waals surface area contributed by atoms with E-state index in [1.54, 1.807) is 12.1 Å². The summed E-state index contributed by atoms with van der Waals surface area (Å²) in [7, 11) is 0. The number of rotatable bonds is 7. The molecule has 0 spiro atoms. The Labute approximate surface area is 173 Å². The van der Waals surface area contributed by atoms with E-state index < -0.39 is 0 Å². The van der Waals surface area contributed by atoms with E-state index in [0.717, 1.165) is 23.2 Å². The number of carbonyl (C=O) groups excluding carboxylic acids is 1. The second kappa shape index (κ2) is 9.12. The van der Waals surface area contributed by atoms with Crippen LogP contribution in [0.5, 0.6) is 0 Å². The van der Waals surface area contributed by atoms with Gasteiger partial charge in [-0.1, -0.05) is 55.4 Å². The molecule has 8 heteroatoms. The smallest absolute Gasteiger partial charge is 0.234 e. The van der Waals surface area contributed by atoms with Crippen molar-refractivity contribution in [2.45, 2.75) is 31.3 Å². The number of anilines is 1. The Bertz CT molecular complexity index is 957. The lowest BCUT2D eigenvalue weighted by Gasteiger charge is -2.15. The summed E-state index contributed by atoms with van der Waals surface area (Å²) < 4.78 is 1.38. The highest BCUT2D eigenvalue weighted by Crippen LogP contribution is 2.27.